The van der Waals surface area contributed by atoms with E-state index in [-0.39, 0.29) is 18.6 Å². The molecule has 2 N–H and O–H groups in total. The first-order chi connectivity index (χ1) is 9.77. The van der Waals surface area contributed by atoms with Crippen molar-refractivity contribution in [2.45, 2.75) is 38.6 Å². The van der Waals surface area contributed by atoms with Gasteiger partial charge in [0.2, 0.25) is 5.91 Å². The van der Waals surface area contributed by atoms with Crippen LogP contribution in [-0.2, 0) is 4.79 Å². The lowest BCUT2D eigenvalue weighted by atomic mass is 10.1. The molecule has 0 aliphatic carbocycles. The Labute approximate surface area is 125 Å². The lowest BCUT2D eigenvalue weighted by Gasteiger charge is -2.17. The Bertz CT molecular complexity index is 357. The molecule has 1 amide bonds. The van der Waals surface area contributed by atoms with Crippen molar-refractivity contribution in [3.8, 4) is 0 Å². The highest BCUT2D eigenvalue weighted by molar-refractivity contribution is 7.99. The summed E-state index contributed by atoms with van der Waals surface area (Å²) in [6.45, 7) is 3.06. The number of nitrogens with zero attached hydrogens (tertiary/aromatic N) is 2. The molecular formula is C14H25N3O2S. The third-order valence-corrected chi connectivity index (χ3v) is 4.07. The summed E-state index contributed by atoms with van der Waals surface area (Å²) in [5.74, 6) is 1.94. The Balaban J connectivity index is 2.22. The largest absolute Gasteiger partial charge is 0.396 e. The molecule has 1 heterocycles. The van der Waals surface area contributed by atoms with Crippen LogP contribution < -0.4 is 5.32 Å². The van der Waals surface area contributed by atoms with Crippen molar-refractivity contribution in [2.24, 2.45) is 0 Å². The van der Waals surface area contributed by atoms with Crippen molar-refractivity contribution in [2.75, 3.05) is 24.7 Å². The van der Waals surface area contributed by atoms with Crippen LogP contribution in [0.4, 0.5) is 0 Å². The quantitative estimate of drug-likeness (QED) is 0.612. The molecule has 114 valence electrons. The maximum atomic E-state index is 11.9. The Morgan fingerprint density at radius 3 is 3.00 bits per heavy atom. The van der Waals surface area contributed by atoms with Gasteiger partial charge in [-0.15, -0.1) is 0 Å². The van der Waals surface area contributed by atoms with Crippen LogP contribution in [0.2, 0.25) is 0 Å². The second-order valence-corrected chi connectivity index (χ2v) is 5.92. The number of thioether (sulfide) groups is 1. The van der Waals surface area contributed by atoms with Crippen LogP contribution in [0.3, 0.4) is 0 Å². The fourth-order valence-corrected chi connectivity index (χ4v) is 2.78. The highest BCUT2D eigenvalue weighted by Gasteiger charge is 2.14. The van der Waals surface area contributed by atoms with E-state index < -0.39 is 0 Å². The van der Waals surface area contributed by atoms with Gasteiger partial charge in [0.25, 0.3) is 0 Å². The molecular weight excluding hydrogens is 274 g/mol. The van der Waals surface area contributed by atoms with Crippen LogP contribution in [0.15, 0.2) is 18.7 Å². The second kappa shape index (κ2) is 10.7. The number of carbonyl (C=O) groups excluding carboxylic acids is 1. The van der Waals surface area contributed by atoms with Crippen molar-refractivity contribution in [1.82, 2.24) is 14.9 Å². The molecule has 1 aromatic rings. The molecule has 1 unspecified atom stereocenters. The molecule has 0 spiro atoms. The van der Waals surface area contributed by atoms with Crippen molar-refractivity contribution in [3.63, 3.8) is 0 Å². The number of aliphatic hydroxyl groups is 1. The first-order valence-corrected chi connectivity index (χ1v) is 8.36. The van der Waals surface area contributed by atoms with E-state index in [1.165, 1.54) is 0 Å². The predicted molar refractivity (Wildman–Crippen MR) is 82.8 cm³/mol. The zero-order valence-corrected chi connectivity index (χ0v) is 12.9. The van der Waals surface area contributed by atoms with Gasteiger partial charge in [-0.25, -0.2) is 4.98 Å². The van der Waals surface area contributed by atoms with Gasteiger partial charge in [-0.2, -0.15) is 11.8 Å². The number of aromatic nitrogens is 2. The van der Waals surface area contributed by atoms with Gasteiger partial charge in [-0.3, -0.25) is 4.79 Å². The van der Waals surface area contributed by atoms with E-state index in [1.807, 2.05) is 10.8 Å². The number of aliphatic hydroxyl groups excluding tert-OH is 1. The molecule has 0 aromatic carbocycles. The summed E-state index contributed by atoms with van der Waals surface area (Å²) >= 11 is 1.76. The highest BCUT2D eigenvalue weighted by Crippen LogP contribution is 2.17. The average molecular weight is 299 g/mol. The van der Waals surface area contributed by atoms with Crippen molar-refractivity contribution >= 4 is 17.7 Å². The molecule has 1 atom stereocenters. The number of amides is 1. The monoisotopic (exact) mass is 299 g/mol. The summed E-state index contributed by atoms with van der Waals surface area (Å²) in [4.78, 5) is 16.0. The van der Waals surface area contributed by atoms with Crippen molar-refractivity contribution in [1.29, 1.82) is 0 Å². The van der Waals surface area contributed by atoms with Gasteiger partial charge >= 0.3 is 0 Å². The summed E-state index contributed by atoms with van der Waals surface area (Å²) in [5.41, 5.74) is 0. The highest BCUT2D eigenvalue weighted by atomic mass is 32.2. The van der Waals surface area contributed by atoms with E-state index in [9.17, 15) is 4.79 Å². The maximum absolute atomic E-state index is 11.9. The van der Waals surface area contributed by atoms with Gasteiger partial charge in [0.15, 0.2) is 0 Å². The summed E-state index contributed by atoms with van der Waals surface area (Å²) in [6.07, 6.45) is 8.79. The standard InChI is InChI=1S/C14H25N3O2S/c1-2-4-13(17-7-5-15-12-17)11-14(19)16-6-10-20-9-3-8-18/h5,7,12-13,18H,2-4,6,8-11H2,1H3,(H,16,19). The van der Waals surface area contributed by atoms with Crippen LogP contribution in [0.25, 0.3) is 0 Å². The number of hydrogen-bond donors (Lipinski definition) is 2. The van der Waals surface area contributed by atoms with E-state index in [2.05, 4.69) is 17.2 Å². The number of nitrogens with one attached hydrogen (secondary N) is 1. The second-order valence-electron chi connectivity index (χ2n) is 4.70. The minimum absolute atomic E-state index is 0.0971. The van der Waals surface area contributed by atoms with Gasteiger partial charge in [-0.1, -0.05) is 13.3 Å². The van der Waals surface area contributed by atoms with Crippen LogP contribution in [0, 0.1) is 0 Å². The number of imidazole rings is 1. The average Bonchev–Trinajstić information content (AvgIpc) is 2.96. The van der Waals surface area contributed by atoms with E-state index in [1.54, 1.807) is 24.3 Å². The van der Waals surface area contributed by atoms with Gasteiger partial charge in [0, 0.05) is 43.8 Å². The van der Waals surface area contributed by atoms with Crippen LogP contribution >= 0.6 is 11.8 Å². The van der Waals surface area contributed by atoms with E-state index in [0.717, 1.165) is 30.8 Å². The Morgan fingerprint density at radius 1 is 1.50 bits per heavy atom. The molecule has 6 heteroatoms. The van der Waals surface area contributed by atoms with Gasteiger partial charge in [0.1, 0.15) is 0 Å². The van der Waals surface area contributed by atoms with E-state index >= 15 is 0 Å². The molecule has 1 rings (SSSR count). The lowest BCUT2D eigenvalue weighted by molar-refractivity contribution is -0.121. The molecule has 5 nitrogen and oxygen atoms in total. The third-order valence-electron chi connectivity index (χ3n) is 3.00. The number of carbonyl (C=O) groups is 1. The molecule has 20 heavy (non-hydrogen) atoms. The smallest absolute Gasteiger partial charge is 0.222 e. The molecule has 0 saturated heterocycles. The summed E-state index contributed by atoms with van der Waals surface area (Å²) in [5, 5.41) is 11.6. The summed E-state index contributed by atoms with van der Waals surface area (Å²) < 4.78 is 2.01. The van der Waals surface area contributed by atoms with Crippen LogP contribution in [-0.4, -0.2) is 45.2 Å². The fourth-order valence-electron chi connectivity index (χ4n) is 1.99. The van der Waals surface area contributed by atoms with Gasteiger partial charge in [0.05, 0.1) is 6.33 Å². The minimum Gasteiger partial charge on any atom is -0.396 e. The van der Waals surface area contributed by atoms with Gasteiger partial charge < -0.3 is 15.0 Å². The van der Waals surface area contributed by atoms with Crippen LogP contribution in [0.1, 0.15) is 38.6 Å². The molecule has 1 aromatic heterocycles. The Kier molecular flexibility index (Phi) is 9.15. The molecule has 0 aliphatic heterocycles. The maximum Gasteiger partial charge on any atom is 0.222 e. The molecule has 0 bridgehead atoms. The first kappa shape index (κ1) is 17.0. The zero-order chi connectivity index (χ0) is 14.6. The number of hydrogen-bond acceptors (Lipinski definition) is 4. The summed E-state index contributed by atoms with van der Waals surface area (Å²) in [6, 6.07) is 0.199. The Hall–Kier alpha value is -1.01. The van der Waals surface area contributed by atoms with E-state index in [4.69, 9.17) is 5.11 Å². The SMILES string of the molecule is CCCC(CC(=O)NCCSCCCO)n1ccnc1. The van der Waals surface area contributed by atoms with Gasteiger partial charge in [-0.05, 0) is 18.6 Å². The predicted octanol–water partition coefficient (Wildman–Crippen LogP) is 1.85. The minimum atomic E-state index is 0.0971. The van der Waals surface area contributed by atoms with E-state index in [0.29, 0.717) is 13.0 Å². The fraction of sp³-hybridized carbons (Fsp3) is 0.714. The summed E-state index contributed by atoms with van der Waals surface area (Å²) in [7, 11) is 0. The molecule has 0 saturated carbocycles. The third kappa shape index (κ3) is 6.96. The van der Waals surface area contributed by atoms with Crippen molar-refractivity contribution in [3.05, 3.63) is 18.7 Å². The van der Waals surface area contributed by atoms with Crippen LogP contribution in [0.5, 0.6) is 0 Å². The lowest BCUT2D eigenvalue weighted by Crippen LogP contribution is -2.28. The molecule has 0 radical (unpaired) electrons. The van der Waals surface area contributed by atoms with Crippen molar-refractivity contribution < 1.29 is 9.90 Å². The zero-order valence-electron chi connectivity index (χ0n) is 12.1. The Morgan fingerprint density at radius 2 is 2.35 bits per heavy atom. The number of rotatable bonds is 11. The first-order valence-electron chi connectivity index (χ1n) is 7.20. The normalized spacial score (nSPS) is 12.3. The molecule has 0 fully saturated rings. The molecule has 0 aliphatic rings. The topological polar surface area (TPSA) is 67.2 Å².